The molecule has 0 heterocycles. The summed E-state index contributed by atoms with van der Waals surface area (Å²) in [4.78, 5) is 11.9. The van der Waals surface area contributed by atoms with Crippen molar-refractivity contribution in [2.45, 2.75) is 39.2 Å². The van der Waals surface area contributed by atoms with Crippen LogP contribution in [-0.2, 0) is 4.74 Å². The molecule has 1 aromatic rings. The molecule has 0 spiro atoms. The van der Waals surface area contributed by atoms with Crippen LogP contribution in [0.1, 0.15) is 44.0 Å². The maximum Gasteiger partial charge on any atom is 0.338 e. The Bertz CT molecular complexity index is 392. The van der Waals surface area contributed by atoms with Gasteiger partial charge in [0.2, 0.25) is 0 Å². The Morgan fingerprint density at radius 1 is 1.18 bits per heavy atom. The third-order valence-corrected chi connectivity index (χ3v) is 3.37. The zero-order valence-corrected chi connectivity index (χ0v) is 11.7. The summed E-state index contributed by atoms with van der Waals surface area (Å²) < 4.78 is 5.48. The highest BCUT2D eigenvalue weighted by atomic mass is 35.5. The number of carbonyl (C=O) groups excluding carboxylic acids is 1. The van der Waals surface area contributed by atoms with E-state index in [0.29, 0.717) is 15.6 Å². The third kappa shape index (κ3) is 3.90. The molecule has 0 unspecified atom stereocenters. The number of ether oxygens (including phenoxy) is 1. The lowest BCUT2D eigenvalue weighted by atomic mass is 10.00. The van der Waals surface area contributed by atoms with Crippen LogP contribution in [0.4, 0.5) is 0 Å². The Hall–Kier alpha value is -0.730. The van der Waals surface area contributed by atoms with E-state index in [9.17, 15) is 4.79 Å². The first-order valence-corrected chi connectivity index (χ1v) is 6.35. The fraction of sp³-hybridized carbons (Fsp3) is 0.462. The molecule has 0 saturated carbocycles. The SMILES string of the molecule is CCC(C)(CC)OC(=O)c1cc(Cl)cc(Cl)c1. The predicted octanol–water partition coefficient (Wildman–Crippen LogP) is 4.73. The van der Waals surface area contributed by atoms with Crippen molar-refractivity contribution in [3.63, 3.8) is 0 Å². The van der Waals surface area contributed by atoms with Crippen molar-refractivity contribution in [3.8, 4) is 0 Å². The van der Waals surface area contributed by atoms with E-state index in [1.807, 2.05) is 20.8 Å². The smallest absolute Gasteiger partial charge is 0.338 e. The largest absolute Gasteiger partial charge is 0.456 e. The maximum atomic E-state index is 11.9. The molecule has 1 aromatic carbocycles. The number of esters is 1. The lowest BCUT2D eigenvalue weighted by Gasteiger charge is -2.26. The van der Waals surface area contributed by atoms with E-state index in [1.165, 1.54) is 0 Å². The molecule has 0 atom stereocenters. The maximum absolute atomic E-state index is 11.9. The first-order chi connectivity index (χ1) is 7.90. The van der Waals surface area contributed by atoms with E-state index in [4.69, 9.17) is 27.9 Å². The molecule has 0 saturated heterocycles. The fourth-order valence-electron chi connectivity index (χ4n) is 1.35. The summed E-state index contributed by atoms with van der Waals surface area (Å²) in [6.07, 6.45) is 1.53. The van der Waals surface area contributed by atoms with Crippen LogP contribution in [0, 0.1) is 0 Å². The van der Waals surface area contributed by atoms with E-state index < -0.39 is 5.60 Å². The molecule has 4 heteroatoms. The van der Waals surface area contributed by atoms with Crippen LogP contribution < -0.4 is 0 Å². The van der Waals surface area contributed by atoms with Gasteiger partial charge in [0, 0.05) is 10.0 Å². The van der Waals surface area contributed by atoms with Gasteiger partial charge in [0.1, 0.15) is 5.60 Å². The second kappa shape index (κ2) is 5.74. The number of hydrogen-bond acceptors (Lipinski definition) is 2. The summed E-state index contributed by atoms with van der Waals surface area (Å²) in [6, 6.07) is 4.70. The van der Waals surface area contributed by atoms with Gasteiger partial charge in [-0.25, -0.2) is 4.79 Å². The average molecular weight is 275 g/mol. The van der Waals surface area contributed by atoms with Crippen molar-refractivity contribution in [3.05, 3.63) is 33.8 Å². The van der Waals surface area contributed by atoms with Gasteiger partial charge in [-0.05, 0) is 38.0 Å². The van der Waals surface area contributed by atoms with Gasteiger partial charge in [-0.1, -0.05) is 37.0 Å². The fourth-order valence-corrected chi connectivity index (χ4v) is 1.87. The van der Waals surface area contributed by atoms with E-state index in [1.54, 1.807) is 18.2 Å². The second-order valence-corrected chi connectivity index (χ2v) is 5.08. The molecule has 0 amide bonds. The van der Waals surface area contributed by atoms with Crippen molar-refractivity contribution in [1.29, 1.82) is 0 Å². The van der Waals surface area contributed by atoms with Gasteiger partial charge in [-0.2, -0.15) is 0 Å². The topological polar surface area (TPSA) is 26.3 Å². The van der Waals surface area contributed by atoms with E-state index >= 15 is 0 Å². The lowest BCUT2D eigenvalue weighted by Crippen LogP contribution is -2.30. The molecule has 0 bridgehead atoms. The van der Waals surface area contributed by atoms with Crippen LogP contribution >= 0.6 is 23.2 Å². The molecule has 0 aromatic heterocycles. The Morgan fingerprint density at radius 3 is 2.06 bits per heavy atom. The molecule has 2 nitrogen and oxygen atoms in total. The highest BCUT2D eigenvalue weighted by Crippen LogP contribution is 2.24. The van der Waals surface area contributed by atoms with E-state index in [2.05, 4.69) is 0 Å². The van der Waals surface area contributed by atoms with Gasteiger partial charge in [0.25, 0.3) is 0 Å². The molecular weight excluding hydrogens is 259 g/mol. The molecule has 17 heavy (non-hydrogen) atoms. The van der Waals surface area contributed by atoms with Crippen LogP contribution in [0.25, 0.3) is 0 Å². The molecule has 0 aliphatic rings. The summed E-state index contributed by atoms with van der Waals surface area (Å²) in [5.74, 6) is -0.388. The minimum atomic E-state index is -0.439. The molecule has 0 aliphatic carbocycles. The van der Waals surface area contributed by atoms with Crippen molar-refractivity contribution in [2.75, 3.05) is 0 Å². The number of halogens is 2. The van der Waals surface area contributed by atoms with Gasteiger partial charge < -0.3 is 4.74 Å². The third-order valence-electron chi connectivity index (χ3n) is 2.93. The molecule has 94 valence electrons. The highest BCUT2D eigenvalue weighted by Gasteiger charge is 2.25. The Morgan fingerprint density at radius 2 is 1.65 bits per heavy atom. The summed E-state index contributed by atoms with van der Waals surface area (Å²) in [6.45, 7) is 5.89. The van der Waals surface area contributed by atoms with Crippen LogP contribution in [0.15, 0.2) is 18.2 Å². The van der Waals surface area contributed by atoms with E-state index in [-0.39, 0.29) is 5.97 Å². The summed E-state index contributed by atoms with van der Waals surface area (Å²) >= 11 is 11.7. The van der Waals surface area contributed by atoms with Crippen LogP contribution in [0.2, 0.25) is 10.0 Å². The number of rotatable bonds is 4. The predicted molar refractivity (Wildman–Crippen MR) is 70.9 cm³/mol. The summed E-state index contributed by atoms with van der Waals surface area (Å²) in [5.41, 5.74) is -0.0538. The quantitative estimate of drug-likeness (QED) is 0.742. The standard InChI is InChI=1S/C13H16Cl2O2/c1-4-13(3,5-2)17-12(16)9-6-10(14)8-11(15)7-9/h6-8H,4-5H2,1-3H3. The Labute approximate surface area is 112 Å². The highest BCUT2D eigenvalue weighted by molar-refractivity contribution is 6.35. The Kier molecular flexibility index (Phi) is 4.84. The molecule has 0 aliphatic heterocycles. The van der Waals surface area contributed by atoms with Crippen molar-refractivity contribution >= 4 is 29.2 Å². The van der Waals surface area contributed by atoms with Crippen molar-refractivity contribution in [1.82, 2.24) is 0 Å². The minimum absolute atomic E-state index is 0.385. The molecule has 1 rings (SSSR count). The first kappa shape index (κ1) is 14.3. The second-order valence-electron chi connectivity index (χ2n) is 4.20. The normalized spacial score (nSPS) is 11.4. The van der Waals surface area contributed by atoms with Crippen LogP contribution in [0.3, 0.4) is 0 Å². The molecule has 0 radical (unpaired) electrons. The van der Waals surface area contributed by atoms with E-state index in [0.717, 1.165) is 12.8 Å². The minimum Gasteiger partial charge on any atom is -0.456 e. The van der Waals surface area contributed by atoms with Gasteiger partial charge in [-0.3, -0.25) is 0 Å². The first-order valence-electron chi connectivity index (χ1n) is 5.59. The van der Waals surface area contributed by atoms with Crippen LogP contribution in [0.5, 0.6) is 0 Å². The lowest BCUT2D eigenvalue weighted by molar-refractivity contribution is -0.0130. The number of hydrogen-bond donors (Lipinski definition) is 0. The Balaban J connectivity index is 2.90. The summed E-state index contributed by atoms with van der Waals surface area (Å²) in [5, 5.41) is 0.860. The van der Waals surface area contributed by atoms with Crippen molar-refractivity contribution < 1.29 is 9.53 Å². The monoisotopic (exact) mass is 274 g/mol. The zero-order valence-electron chi connectivity index (χ0n) is 10.2. The van der Waals surface area contributed by atoms with Gasteiger partial charge >= 0.3 is 5.97 Å². The van der Waals surface area contributed by atoms with Crippen molar-refractivity contribution in [2.24, 2.45) is 0 Å². The number of carbonyl (C=O) groups is 1. The molecular formula is C13H16Cl2O2. The number of benzene rings is 1. The van der Waals surface area contributed by atoms with Crippen LogP contribution in [-0.4, -0.2) is 11.6 Å². The molecule has 0 N–H and O–H groups in total. The van der Waals surface area contributed by atoms with Gasteiger partial charge in [0.05, 0.1) is 5.56 Å². The molecule has 0 fully saturated rings. The average Bonchev–Trinajstić information content (AvgIpc) is 2.27. The van der Waals surface area contributed by atoms with Gasteiger partial charge in [-0.15, -0.1) is 0 Å². The summed E-state index contributed by atoms with van der Waals surface area (Å²) in [7, 11) is 0. The zero-order chi connectivity index (χ0) is 13.1. The van der Waals surface area contributed by atoms with Gasteiger partial charge in [0.15, 0.2) is 0 Å².